The van der Waals surface area contributed by atoms with Gasteiger partial charge >= 0.3 is 5.97 Å². The highest BCUT2D eigenvalue weighted by molar-refractivity contribution is 7.89. The van der Waals surface area contributed by atoms with Crippen LogP contribution in [0.5, 0.6) is 0 Å². The summed E-state index contributed by atoms with van der Waals surface area (Å²) in [5, 5.41) is 3.74. The van der Waals surface area contributed by atoms with Crippen LogP contribution in [0.25, 0.3) is 0 Å². The molecule has 0 saturated heterocycles. The number of sulfonamides is 1. The third kappa shape index (κ3) is 3.82. The van der Waals surface area contributed by atoms with Gasteiger partial charge in [-0.1, -0.05) is 11.2 Å². The first-order chi connectivity index (χ1) is 11.3. The van der Waals surface area contributed by atoms with Gasteiger partial charge in [0.1, 0.15) is 18.1 Å². The molecule has 0 aliphatic heterocycles. The van der Waals surface area contributed by atoms with Crippen LogP contribution in [0.2, 0.25) is 0 Å². The summed E-state index contributed by atoms with van der Waals surface area (Å²) in [6.07, 6.45) is 1.69. The fourth-order valence-corrected chi connectivity index (χ4v) is 3.51. The number of esters is 1. The topological polar surface area (TPSA) is 98.5 Å². The fourth-order valence-electron chi connectivity index (χ4n) is 2.18. The lowest BCUT2D eigenvalue weighted by molar-refractivity contribution is 0.0463. The van der Waals surface area contributed by atoms with Crippen LogP contribution in [0.3, 0.4) is 0 Å². The van der Waals surface area contributed by atoms with Gasteiger partial charge in [-0.25, -0.2) is 17.9 Å². The highest BCUT2D eigenvalue weighted by Crippen LogP contribution is 2.23. The third-order valence-corrected chi connectivity index (χ3v) is 5.18. The molecule has 0 radical (unpaired) electrons. The molecule has 3 rings (SSSR count). The predicted molar refractivity (Wildman–Crippen MR) is 84.9 cm³/mol. The first kappa shape index (κ1) is 16.7. The highest BCUT2D eigenvalue weighted by atomic mass is 32.2. The van der Waals surface area contributed by atoms with E-state index in [4.69, 9.17) is 9.26 Å². The summed E-state index contributed by atoms with van der Waals surface area (Å²) in [6.45, 7) is 3.43. The van der Waals surface area contributed by atoms with E-state index in [1.807, 2.05) is 0 Å². The van der Waals surface area contributed by atoms with E-state index in [0.717, 1.165) is 12.8 Å². The van der Waals surface area contributed by atoms with E-state index in [1.54, 1.807) is 26.0 Å². The Balaban J connectivity index is 1.76. The molecule has 2 aromatic rings. The quantitative estimate of drug-likeness (QED) is 0.801. The first-order valence-corrected chi connectivity index (χ1v) is 9.06. The molecule has 0 bridgehead atoms. The predicted octanol–water partition coefficient (Wildman–Crippen LogP) is 2.09. The van der Waals surface area contributed by atoms with Crippen LogP contribution < -0.4 is 4.72 Å². The summed E-state index contributed by atoms with van der Waals surface area (Å²) in [5.74, 6) is 0.0214. The van der Waals surface area contributed by atoms with Crippen molar-refractivity contribution >= 4 is 16.0 Å². The van der Waals surface area contributed by atoms with Crippen LogP contribution in [0, 0.1) is 13.8 Å². The second-order valence-corrected chi connectivity index (χ2v) is 7.59. The molecule has 1 aromatic heterocycles. The van der Waals surface area contributed by atoms with Crippen LogP contribution in [0.15, 0.2) is 33.7 Å². The molecule has 1 heterocycles. The van der Waals surface area contributed by atoms with Crippen molar-refractivity contribution in [1.82, 2.24) is 9.88 Å². The Kier molecular flexibility index (Phi) is 4.42. The largest absolute Gasteiger partial charge is 0.455 e. The van der Waals surface area contributed by atoms with Gasteiger partial charge in [0.15, 0.2) is 0 Å². The molecule has 1 saturated carbocycles. The van der Waals surface area contributed by atoms with Crippen molar-refractivity contribution < 1.29 is 22.5 Å². The number of nitrogens with zero attached hydrogens (tertiary/aromatic N) is 1. The van der Waals surface area contributed by atoms with E-state index in [9.17, 15) is 13.2 Å². The minimum absolute atomic E-state index is 0.00195. The number of aryl methyl sites for hydroxylation is 2. The lowest BCUT2D eigenvalue weighted by Gasteiger charge is -2.10. The summed E-state index contributed by atoms with van der Waals surface area (Å²) < 4.78 is 37.2. The van der Waals surface area contributed by atoms with Crippen molar-refractivity contribution in [2.24, 2.45) is 0 Å². The maximum atomic E-state index is 12.3. The summed E-state index contributed by atoms with van der Waals surface area (Å²) in [4.78, 5) is 12.3. The Hall–Kier alpha value is -2.19. The zero-order valence-corrected chi connectivity index (χ0v) is 14.2. The van der Waals surface area contributed by atoms with Crippen LogP contribution >= 0.6 is 0 Å². The molecule has 8 heteroatoms. The van der Waals surface area contributed by atoms with Gasteiger partial charge in [-0.15, -0.1) is 0 Å². The molecule has 0 atom stereocenters. The number of aromatic nitrogens is 1. The SMILES string of the molecule is Cc1cc(COC(=O)c2cc(S(=O)(=O)NC3CC3)ccc2C)no1. The van der Waals surface area contributed by atoms with Gasteiger partial charge in [0, 0.05) is 12.1 Å². The van der Waals surface area contributed by atoms with Crippen molar-refractivity contribution in [3.63, 3.8) is 0 Å². The van der Waals surface area contributed by atoms with Gasteiger partial charge in [-0.3, -0.25) is 0 Å². The summed E-state index contributed by atoms with van der Waals surface area (Å²) in [7, 11) is -3.62. The van der Waals surface area contributed by atoms with Crippen molar-refractivity contribution in [2.75, 3.05) is 0 Å². The monoisotopic (exact) mass is 350 g/mol. The zero-order chi connectivity index (χ0) is 17.3. The Bertz CT molecular complexity index is 868. The molecular formula is C16H18N2O5S. The molecule has 128 valence electrons. The van der Waals surface area contributed by atoms with E-state index in [0.29, 0.717) is 17.0 Å². The molecule has 1 aliphatic carbocycles. The van der Waals surface area contributed by atoms with Gasteiger partial charge in [0.25, 0.3) is 0 Å². The normalized spacial score (nSPS) is 14.6. The second kappa shape index (κ2) is 6.37. The Morgan fingerprint density at radius 1 is 1.33 bits per heavy atom. The van der Waals surface area contributed by atoms with E-state index < -0.39 is 16.0 Å². The van der Waals surface area contributed by atoms with Crippen molar-refractivity contribution in [2.45, 2.75) is 44.2 Å². The van der Waals surface area contributed by atoms with Gasteiger partial charge < -0.3 is 9.26 Å². The average molecular weight is 350 g/mol. The molecular weight excluding hydrogens is 332 g/mol. The molecule has 1 aromatic carbocycles. The van der Waals surface area contributed by atoms with Crippen molar-refractivity contribution in [3.05, 3.63) is 46.8 Å². The molecule has 1 fully saturated rings. The number of hydrogen-bond acceptors (Lipinski definition) is 6. The van der Waals surface area contributed by atoms with Crippen LogP contribution in [0.4, 0.5) is 0 Å². The molecule has 0 spiro atoms. The maximum absolute atomic E-state index is 12.3. The van der Waals surface area contributed by atoms with E-state index in [-0.39, 0.29) is 23.1 Å². The molecule has 1 aliphatic rings. The minimum Gasteiger partial charge on any atom is -0.455 e. The number of benzene rings is 1. The molecule has 24 heavy (non-hydrogen) atoms. The molecule has 7 nitrogen and oxygen atoms in total. The van der Waals surface area contributed by atoms with Crippen molar-refractivity contribution in [1.29, 1.82) is 0 Å². The van der Waals surface area contributed by atoms with E-state index >= 15 is 0 Å². The highest BCUT2D eigenvalue weighted by Gasteiger charge is 2.28. The fraction of sp³-hybridized carbons (Fsp3) is 0.375. The molecule has 0 amide bonds. The summed E-state index contributed by atoms with van der Waals surface area (Å²) >= 11 is 0. The van der Waals surface area contributed by atoms with Crippen molar-refractivity contribution in [3.8, 4) is 0 Å². The number of hydrogen-bond donors (Lipinski definition) is 1. The maximum Gasteiger partial charge on any atom is 0.338 e. The van der Waals surface area contributed by atoms with Crippen LogP contribution in [-0.4, -0.2) is 25.6 Å². The summed E-state index contributed by atoms with van der Waals surface area (Å²) in [6, 6.07) is 6.09. The van der Waals surface area contributed by atoms with Crippen LogP contribution in [-0.2, 0) is 21.4 Å². The van der Waals surface area contributed by atoms with Gasteiger partial charge in [-0.2, -0.15) is 0 Å². The Labute approximate surface area is 140 Å². The Morgan fingerprint density at radius 2 is 2.08 bits per heavy atom. The lowest BCUT2D eigenvalue weighted by atomic mass is 10.1. The number of rotatable bonds is 6. The van der Waals surface area contributed by atoms with Crippen LogP contribution in [0.1, 0.15) is 40.2 Å². The smallest absolute Gasteiger partial charge is 0.338 e. The first-order valence-electron chi connectivity index (χ1n) is 7.57. The molecule has 0 unspecified atom stereocenters. The lowest BCUT2D eigenvalue weighted by Crippen LogP contribution is -2.26. The minimum atomic E-state index is -3.62. The molecule has 1 N–H and O–H groups in total. The zero-order valence-electron chi connectivity index (χ0n) is 13.4. The number of carbonyl (C=O) groups excluding carboxylic acids is 1. The van der Waals surface area contributed by atoms with E-state index in [2.05, 4.69) is 9.88 Å². The van der Waals surface area contributed by atoms with Gasteiger partial charge in [0.2, 0.25) is 10.0 Å². The summed E-state index contributed by atoms with van der Waals surface area (Å²) in [5.41, 5.74) is 1.35. The van der Waals surface area contributed by atoms with Gasteiger partial charge in [-0.05, 0) is 44.4 Å². The number of ether oxygens (including phenoxy) is 1. The number of nitrogens with one attached hydrogen (secondary N) is 1. The second-order valence-electron chi connectivity index (χ2n) is 5.88. The third-order valence-electron chi connectivity index (χ3n) is 3.67. The average Bonchev–Trinajstić information content (AvgIpc) is 3.23. The Morgan fingerprint density at radius 3 is 2.71 bits per heavy atom. The van der Waals surface area contributed by atoms with Gasteiger partial charge in [0.05, 0.1) is 10.5 Å². The number of carbonyl (C=O) groups is 1. The van der Waals surface area contributed by atoms with E-state index in [1.165, 1.54) is 12.1 Å². The standard InChI is InChI=1S/C16H18N2O5S/c1-10-3-6-14(24(20,21)18-12-4-5-12)8-15(10)16(19)22-9-13-7-11(2)23-17-13/h3,6-8,12,18H,4-5,9H2,1-2H3.